The highest BCUT2D eigenvalue weighted by Crippen LogP contribution is 2.18. The van der Waals surface area contributed by atoms with Crippen molar-refractivity contribution in [3.05, 3.63) is 29.6 Å². The first-order valence-corrected chi connectivity index (χ1v) is 7.50. The number of nitrogen functional groups attached to an aromatic ring is 1. The number of halogens is 1. The Hall–Kier alpha value is -2.15. The fraction of sp³-hybridized carbons (Fsp3) is 0.500. The van der Waals surface area contributed by atoms with Gasteiger partial charge in [0.25, 0.3) is 5.91 Å². The molecule has 6 nitrogen and oxygen atoms in total. The molecule has 0 saturated carbocycles. The zero-order valence-electron chi connectivity index (χ0n) is 13.6. The lowest BCUT2D eigenvalue weighted by atomic mass is 9.98. The second-order valence-electron chi connectivity index (χ2n) is 6.59. The van der Waals surface area contributed by atoms with Crippen molar-refractivity contribution in [1.29, 1.82) is 0 Å². The van der Waals surface area contributed by atoms with Crippen LogP contribution in [0.4, 0.5) is 10.1 Å². The van der Waals surface area contributed by atoms with E-state index in [-0.39, 0.29) is 23.1 Å². The fourth-order valence-electron chi connectivity index (χ4n) is 2.08. The van der Waals surface area contributed by atoms with E-state index in [0.29, 0.717) is 26.2 Å². The molecule has 2 rings (SSSR count). The summed E-state index contributed by atoms with van der Waals surface area (Å²) in [5, 5.41) is 1.56. The molecule has 0 radical (unpaired) electrons. The van der Waals surface area contributed by atoms with Gasteiger partial charge in [0.05, 0.1) is 24.2 Å². The normalized spacial score (nSPS) is 16.3. The third-order valence-electron chi connectivity index (χ3n) is 3.60. The molecule has 2 N–H and O–H groups in total. The second-order valence-corrected chi connectivity index (χ2v) is 6.59. The smallest absolute Gasteiger partial charge is 0.330 e. The molecular weight excluding hydrogens is 301 g/mol. The Bertz CT molecular complexity index is 605. The lowest BCUT2D eigenvalue weighted by Gasteiger charge is -2.34. The molecule has 1 aromatic carbocycles. The Morgan fingerprint density at radius 2 is 1.78 bits per heavy atom. The lowest BCUT2D eigenvalue weighted by molar-refractivity contribution is -0.205. The van der Waals surface area contributed by atoms with Gasteiger partial charge in [0, 0.05) is 18.7 Å². The van der Waals surface area contributed by atoms with Gasteiger partial charge in [0.1, 0.15) is 5.82 Å². The molecule has 126 valence electrons. The molecule has 1 aliphatic heterocycles. The van der Waals surface area contributed by atoms with Gasteiger partial charge in [0.2, 0.25) is 0 Å². The van der Waals surface area contributed by atoms with Crippen molar-refractivity contribution in [1.82, 2.24) is 9.96 Å². The number of nitrogens with zero attached hydrogens (tertiary/aromatic N) is 2. The minimum Gasteiger partial charge on any atom is -0.396 e. The quantitative estimate of drug-likeness (QED) is 0.838. The van der Waals surface area contributed by atoms with Gasteiger partial charge < -0.3 is 15.5 Å². The molecular formula is C16H22FN3O3. The highest BCUT2D eigenvalue weighted by Gasteiger charge is 2.29. The highest BCUT2D eigenvalue weighted by atomic mass is 19.1. The summed E-state index contributed by atoms with van der Waals surface area (Å²) in [6.07, 6.45) is 0. The Balaban J connectivity index is 1.92. The van der Waals surface area contributed by atoms with Crippen molar-refractivity contribution in [3.63, 3.8) is 0 Å². The fourth-order valence-corrected chi connectivity index (χ4v) is 2.08. The van der Waals surface area contributed by atoms with Gasteiger partial charge in [0.15, 0.2) is 0 Å². The van der Waals surface area contributed by atoms with Gasteiger partial charge in [-0.05, 0) is 39.0 Å². The summed E-state index contributed by atoms with van der Waals surface area (Å²) in [6.45, 7) is 7.00. The average Bonchev–Trinajstić information content (AvgIpc) is 2.49. The highest BCUT2D eigenvalue weighted by molar-refractivity contribution is 5.94. The largest absolute Gasteiger partial charge is 0.396 e. The molecule has 0 unspecified atom stereocenters. The number of nitrogens with two attached hydrogens (primary N) is 1. The lowest BCUT2D eigenvalue weighted by Crippen LogP contribution is -2.49. The average molecular weight is 323 g/mol. The van der Waals surface area contributed by atoms with E-state index in [1.54, 1.807) is 30.7 Å². The number of benzene rings is 1. The van der Waals surface area contributed by atoms with Crippen LogP contribution in [-0.4, -0.2) is 48.0 Å². The van der Waals surface area contributed by atoms with E-state index in [1.807, 2.05) is 0 Å². The molecule has 1 amide bonds. The van der Waals surface area contributed by atoms with Crippen LogP contribution in [0.5, 0.6) is 0 Å². The first-order valence-electron chi connectivity index (χ1n) is 7.50. The van der Waals surface area contributed by atoms with Crippen molar-refractivity contribution < 1.29 is 18.8 Å². The van der Waals surface area contributed by atoms with E-state index in [4.69, 9.17) is 10.6 Å². The topological polar surface area (TPSA) is 75.9 Å². The predicted molar refractivity (Wildman–Crippen MR) is 83.8 cm³/mol. The number of rotatable bonds is 2. The van der Waals surface area contributed by atoms with Crippen LogP contribution < -0.4 is 5.73 Å². The maximum Gasteiger partial charge on any atom is 0.330 e. The molecule has 7 heteroatoms. The van der Waals surface area contributed by atoms with Crippen LogP contribution >= 0.6 is 0 Å². The zero-order valence-corrected chi connectivity index (χ0v) is 13.6. The molecule has 1 aliphatic rings. The van der Waals surface area contributed by atoms with E-state index in [0.717, 1.165) is 6.07 Å². The summed E-state index contributed by atoms with van der Waals surface area (Å²) in [6, 6.07) is 4.03. The number of piperazine rings is 1. The number of carbonyl (C=O) groups excluding carboxylic acids is 2. The van der Waals surface area contributed by atoms with Crippen LogP contribution in [-0.2, 0) is 9.63 Å². The van der Waals surface area contributed by atoms with E-state index < -0.39 is 11.2 Å². The maximum atomic E-state index is 13.5. The molecule has 0 aromatic heterocycles. The Kier molecular flexibility index (Phi) is 4.89. The van der Waals surface area contributed by atoms with Crippen molar-refractivity contribution in [3.8, 4) is 0 Å². The first-order chi connectivity index (χ1) is 10.7. The predicted octanol–water partition coefficient (Wildman–Crippen LogP) is 1.67. The van der Waals surface area contributed by atoms with E-state index in [2.05, 4.69) is 0 Å². The summed E-state index contributed by atoms with van der Waals surface area (Å²) in [4.78, 5) is 31.1. The summed E-state index contributed by atoms with van der Waals surface area (Å²) in [5.41, 5.74) is 5.11. The van der Waals surface area contributed by atoms with Crippen LogP contribution in [0.2, 0.25) is 0 Å². The SMILES string of the molecule is CC(C)(C)C(=O)ON1CCN(C(=O)c2ccc(N)c(F)c2)CC1. The summed E-state index contributed by atoms with van der Waals surface area (Å²) in [5.74, 6) is -1.17. The van der Waals surface area contributed by atoms with Gasteiger partial charge >= 0.3 is 5.97 Å². The van der Waals surface area contributed by atoms with E-state index >= 15 is 0 Å². The monoisotopic (exact) mass is 323 g/mol. The van der Waals surface area contributed by atoms with Crippen molar-refractivity contribution in [2.45, 2.75) is 20.8 Å². The van der Waals surface area contributed by atoms with Crippen molar-refractivity contribution in [2.24, 2.45) is 5.41 Å². The van der Waals surface area contributed by atoms with E-state index in [9.17, 15) is 14.0 Å². The molecule has 1 saturated heterocycles. The Morgan fingerprint density at radius 3 is 2.30 bits per heavy atom. The van der Waals surface area contributed by atoms with Crippen LogP contribution in [0.1, 0.15) is 31.1 Å². The number of carbonyl (C=O) groups is 2. The second kappa shape index (κ2) is 6.54. The van der Waals surface area contributed by atoms with Crippen molar-refractivity contribution in [2.75, 3.05) is 31.9 Å². The minimum absolute atomic E-state index is 0.0143. The number of anilines is 1. The molecule has 0 spiro atoms. The molecule has 1 aromatic rings. The third-order valence-corrected chi connectivity index (χ3v) is 3.60. The molecule has 0 aliphatic carbocycles. The molecule has 0 bridgehead atoms. The van der Waals surface area contributed by atoms with E-state index in [1.165, 1.54) is 12.1 Å². The van der Waals surface area contributed by atoms with Gasteiger partial charge in [-0.1, -0.05) is 0 Å². The van der Waals surface area contributed by atoms with Crippen molar-refractivity contribution >= 4 is 17.6 Å². The summed E-state index contributed by atoms with van der Waals surface area (Å²) in [7, 11) is 0. The Morgan fingerprint density at radius 1 is 1.17 bits per heavy atom. The number of amides is 1. The zero-order chi connectivity index (χ0) is 17.2. The van der Waals surface area contributed by atoms with Crippen LogP contribution in [0, 0.1) is 11.2 Å². The van der Waals surface area contributed by atoms with Gasteiger partial charge in [-0.3, -0.25) is 4.79 Å². The standard InChI is InChI=1S/C16H22FN3O3/c1-16(2,3)15(22)23-20-8-6-19(7-9-20)14(21)11-4-5-13(18)12(17)10-11/h4-5,10H,6-9,18H2,1-3H3. The summed E-state index contributed by atoms with van der Waals surface area (Å²) < 4.78 is 13.5. The summed E-state index contributed by atoms with van der Waals surface area (Å²) >= 11 is 0. The van der Waals surface area contributed by atoms with Gasteiger partial charge in [-0.15, -0.1) is 5.06 Å². The van der Waals surface area contributed by atoms with Crippen LogP contribution in [0.15, 0.2) is 18.2 Å². The number of hydroxylamine groups is 2. The molecule has 0 atom stereocenters. The molecule has 1 heterocycles. The maximum absolute atomic E-state index is 13.5. The molecule has 23 heavy (non-hydrogen) atoms. The van der Waals surface area contributed by atoms with Gasteiger partial charge in [-0.25, -0.2) is 9.18 Å². The number of hydrogen-bond acceptors (Lipinski definition) is 5. The number of hydrogen-bond donors (Lipinski definition) is 1. The first kappa shape index (κ1) is 17.2. The third kappa shape index (κ3) is 4.19. The Labute approximate surface area is 134 Å². The minimum atomic E-state index is -0.603. The van der Waals surface area contributed by atoms with Crippen LogP contribution in [0.3, 0.4) is 0 Å². The van der Waals surface area contributed by atoms with Gasteiger partial charge in [-0.2, -0.15) is 0 Å². The molecule has 1 fully saturated rings. The van der Waals surface area contributed by atoms with Crippen LogP contribution in [0.25, 0.3) is 0 Å².